The molecule has 1 aromatic carbocycles. The second-order valence-electron chi connectivity index (χ2n) is 7.47. The van der Waals surface area contributed by atoms with E-state index in [9.17, 15) is 9.59 Å². The summed E-state index contributed by atoms with van der Waals surface area (Å²) in [7, 11) is 1.73. The Morgan fingerprint density at radius 1 is 1.07 bits per heavy atom. The van der Waals surface area contributed by atoms with E-state index in [4.69, 9.17) is 0 Å². The minimum absolute atomic E-state index is 0. The van der Waals surface area contributed by atoms with Crippen LogP contribution in [0.2, 0.25) is 0 Å². The Balaban J connectivity index is 0.00000300. The maximum absolute atomic E-state index is 12.4. The van der Waals surface area contributed by atoms with Crippen molar-refractivity contribution in [2.45, 2.75) is 38.6 Å². The van der Waals surface area contributed by atoms with Crippen molar-refractivity contribution < 1.29 is 9.59 Å². The van der Waals surface area contributed by atoms with Crippen molar-refractivity contribution in [1.29, 1.82) is 0 Å². The van der Waals surface area contributed by atoms with Gasteiger partial charge in [-0.15, -0.1) is 24.0 Å². The Hall–Kier alpha value is -1.68. The van der Waals surface area contributed by atoms with Gasteiger partial charge in [-0.05, 0) is 44.9 Å². The van der Waals surface area contributed by atoms with Gasteiger partial charge in [0.05, 0.1) is 11.1 Å². The fourth-order valence-corrected chi connectivity index (χ4v) is 3.93. The number of hydrogen-bond donors (Lipinski definition) is 2. The van der Waals surface area contributed by atoms with Gasteiger partial charge in [-0.1, -0.05) is 18.6 Å². The fourth-order valence-electron chi connectivity index (χ4n) is 3.93. The highest BCUT2D eigenvalue weighted by Gasteiger charge is 2.34. The zero-order chi connectivity index (χ0) is 19.9. The molecule has 2 aliphatic rings. The third-order valence-corrected chi connectivity index (χ3v) is 5.58. The topological polar surface area (TPSA) is 77.0 Å². The number of carbonyl (C=O) groups excluding carboxylic acids is 2. The number of rotatable bonds is 7. The van der Waals surface area contributed by atoms with Crippen LogP contribution in [0, 0.1) is 0 Å². The average Bonchev–Trinajstić information content (AvgIpc) is 2.96. The van der Waals surface area contributed by atoms with E-state index in [2.05, 4.69) is 27.4 Å². The van der Waals surface area contributed by atoms with Gasteiger partial charge in [0.25, 0.3) is 11.8 Å². The van der Waals surface area contributed by atoms with E-state index >= 15 is 0 Å². The molecule has 8 heteroatoms. The molecule has 0 bridgehead atoms. The molecule has 29 heavy (non-hydrogen) atoms. The molecule has 0 aromatic heterocycles. The van der Waals surface area contributed by atoms with Crippen LogP contribution >= 0.6 is 24.0 Å². The summed E-state index contributed by atoms with van der Waals surface area (Å²) in [5.74, 6) is 0.255. The molecule has 1 atom stereocenters. The van der Waals surface area contributed by atoms with Crippen LogP contribution in [0.15, 0.2) is 29.3 Å². The van der Waals surface area contributed by atoms with Gasteiger partial charge in [0.2, 0.25) is 0 Å². The molecule has 2 heterocycles. The zero-order valence-electron chi connectivity index (χ0n) is 17.3. The minimum Gasteiger partial charge on any atom is -0.356 e. The Bertz CT molecular complexity index is 705. The number of carbonyl (C=O) groups is 2. The molecular formula is C21H32IN5O2. The Morgan fingerprint density at radius 3 is 2.34 bits per heavy atom. The van der Waals surface area contributed by atoms with Crippen LogP contribution in [0.1, 0.15) is 53.3 Å². The standard InChI is InChI=1S/C21H31N5O2.HI/c1-16-8-5-6-13-25(16)14-7-11-23-21(22-2)24-12-15-26-19(27)17-9-3-4-10-18(17)20(26)28;/h3-4,9-10,16H,5-8,11-15H2,1-2H3,(H2,22,23,24);1H. The van der Waals surface area contributed by atoms with E-state index in [1.807, 2.05) is 0 Å². The summed E-state index contributed by atoms with van der Waals surface area (Å²) < 4.78 is 0. The smallest absolute Gasteiger partial charge is 0.261 e. The van der Waals surface area contributed by atoms with Gasteiger partial charge in [-0.25, -0.2) is 0 Å². The van der Waals surface area contributed by atoms with Crippen molar-refractivity contribution in [3.8, 4) is 0 Å². The molecule has 7 nitrogen and oxygen atoms in total. The number of aliphatic imine (C=N–C) groups is 1. The predicted octanol–water partition coefficient (Wildman–Crippen LogP) is 2.33. The second kappa shape index (κ2) is 11.5. The quantitative estimate of drug-likeness (QED) is 0.193. The summed E-state index contributed by atoms with van der Waals surface area (Å²) in [5, 5.41) is 6.50. The first kappa shape index (κ1) is 23.6. The van der Waals surface area contributed by atoms with Crippen molar-refractivity contribution in [1.82, 2.24) is 20.4 Å². The summed E-state index contributed by atoms with van der Waals surface area (Å²) in [5.41, 5.74) is 0.976. The number of amides is 2. The Kier molecular flexibility index (Phi) is 9.35. The van der Waals surface area contributed by atoms with Crippen LogP contribution in [0.25, 0.3) is 0 Å². The van der Waals surface area contributed by atoms with Crippen LogP contribution in [0.4, 0.5) is 0 Å². The molecule has 2 aliphatic heterocycles. The third kappa shape index (κ3) is 5.91. The number of benzene rings is 1. The lowest BCUT2D eigenvalue weighted by Gasteiger charge is -2.33. The third-order valence-electron chi connectivity index (χ3n) is 5.58. The van der Waals surface area contributed by atoms with Crippen molar-refractivity contribution in [3.05, 3.63) is 35.4 Å². The largest absolute Gasteiger partial charge is 0.356 e. The van der Waals surface area contributed by atoms with Crippen molar-refractivity contribution in [2.75, 3.05) is 39.8 Å². The molecule has 1 aromatic rings. The number of halogens is 1. The molecule has 0 radical (unpaired) electrons. The highest BCUT2D eigenvalue weighted by molar-refractivity contribution is 14.0. The minimum atomic E-state index is -0.221. The molecule has 0 spiro atoms. The Morgan fingerprint density at radius 2 is 1.72 bits per heavy atom. The van der Waals surface area contributed by atoms with E-state index in [0.717, 1.165) is 19.5 Å². The average molecular weight is 513 g/mol. The first-order valence-electron chi connectivity index (χ1n) is 10.3. The van der Waals surface area contributed by atoms with E-state index in [0.29, 0.717) is 36.2 Å². The summed E-state index contributed by atoms with van der Waals surface area (Å²) >= 11 is 0. The van der Waals surface area contributed by atoms with Gasteiger partial charge < -0.3 is 15.5 Å². The second-order valence-corrected chi connectivity index (χ2v) is 7.47. The van der Waals surface area contributed by atoms with Crippen LogP contribution in [-0.4, -0.2) is 73.4 Å². The fraction of sp³-hybridized carbons (Fsp3) is 0.571. The summed E-state index contributed by atoms with van der Waals surface area (Å²) in [4.78, 5) is 32.8. The maximum Gasteiger partial charge on any atom is 0.261 e. The lowest BCUT2D eigenvalue weighted by atomic mass is 10.0. The van der Waals surface area contributed by atoms with E-state index in [-0.39, 0.29) is 35.8 Å². The number of fused-ring (bicyclic) bond motifs is 1. The molecule has 2 N–H and O–H groups in total. The lowest BCUT2D eigenvalue weighted by molar-refractivity contribution is 0.0657. The first-order valence-corrected chi connectivity index (χ1v) is 10.3. The molecule has 0 saturated carbocycles. The van der Waals surface area contributed by atoms with Gasteiger partial charge >= 0.3 is 0 Å². The molecule has 0 aliphatic carbocycles. The van der Waals surface area contributed by atoms with Gasteiger partial charge in [-0.2, -0.15) is 0 Å². The maximum atomic E-state index is 12.4. The highest BCUT2D eigenvalue weighted by atomic mass is 127. The summed E-state index contributed by atoms with van der Waals surface area (Å²) in [6, 6.07) is 7.65. The summed E-state index contributed by atoms with van der Waals surface area (Å²) in [6.45, 7) is 6.24. The first-order chi connectivity index (χ1) is 13.6. The lowest BCUT2D eigenvalue weighted by Crippen LogP contribution is -2.44. The molecular weight excluding hydrogens is 481 g/mol. The highest BCUT2D eigenvalue weighted by Crippen LogP contribution is 2.21. The number of nitrogens with zero attached hydrogens (tertiary/aromatic N) is 3. The van der Waals surface area contributed by atoms with Crippen molar-refractivity contribution >= 4 is 41.8 Å². The van der Waals surface area contributed by atoms with Crippen LogP contribution in [-0.2, 0) is 0 Å². The number of piperidine rings is 1. The normalized spacial score (nSPS) is 19.7. The molecule has 1 fully saturated rings. The van der Waals surface area contributed by atoms with E-state index < -0.39 is 0 Å². The number of imide groups is 1. The van der Waals surface area contributed by atoms with Crippen molar-refractivity contribution in [3.63, 3.8) is 0 Å². The number of guanidine groups is 1. The van der Waals surface area contributed by atoms with E-state index in [1.165, 1.54) is 30.7 Å². The zero-order valence-corrected chi connectivity index (χ0v) is 19.6. The van der Waals surface area contributed by atoms with Gasteiger partial charge in [0.1, 0.15) is 0 Å². The van der Waals surface area contributed by atoms with Gasteiger partial charge in [0.15, 0.2) is 5.96 Å². The predicted molar refractivity (Wildman–Crippen MR) is 126 cm³/mol. The molecule has 3 rings (SSSR count). The van der Waals surface area contributed by atoms with E-state index in [1.54, 1.807) is 31.3 Å². The monoisotopic (exact) mass is 513 g/mol. The van der Waals surface area contributed by atoms with Crippen LogP contribution in [0.3, 0.4) is 0 Å². The number of hydrogen-bond acceptors (Lipinski definition) is 4. The SMILES string of the molecule is CN=C(NCCCN1CCCCC1C)NCCN1C(=O)c2ccccc2C1=O.I. The van der Waals surface area contributed by atoms with Gasteiger partial charge in [0, 0.05) is 39.3 Å². The molecule has 160 valence electrons. The molecule has 1 saturated heterocycles. The molecule has 1 unspecified atom stereocenters. The number of nitrogens with one attached hydrogen (secondary N) is 2. The summed E-state index contributed by atoms with van der Waals surface area (Å²) in [6.07, 6.45) is 5.01. The number of likely N-dealkylation sites (tertiary alicyclic amines) is 1. The Labute approximate surface area is 190 Å². The van der Waals surface area contributed by atoms with Crippen LogP contribution < -0.4 is 10.6 Å². The van der Waals surface area contributed by atoms with Crippen LogP contribution in [0.5, 0.6) is 0 Å². The van der Waals surface area contributed by atoms with Gasteiger partial charge in [-0.3, -0.25) is 19.5 Å². The molecule has 2 amide bonds. The van der Waals surface area contributed by atoms with Crippen molar-refractivity contribution in [2.24, 2.45) is 4.99 Å².